The zero-order chi connectivity index (χ0) is 13.1. The van der Waals surface area contributed by atoms with Crippen molar-refractivity contribution in [2.24, 2.45) is 0 Å². The van der Waals surface area contributed by atoms with Gasteiger partial charge in [0, 0.05) is 24.5 Å². The van der Waals surface area contributed by atoms with Crippen molar-refractivity contribution >= 4 is 5.91 Å². The van der Waals surface area contributed by atoms with E-state index < -0.39 is 0 Å². The predicted octanol–water partition coefficient (Wildman–Crippen LogP) is 0.923. The first-order chi connectivity index (χ1) is 8.65. The average Bonchev–Trinajstić information content (AvgIpc) is 2.73. The maximum absolute atomic E-state index is 12.1. The molecule has 2 rings (SSSR count). The number of aromatic nitrogens is 1. The number of aryl methyl sites for hydroxylation is 1. The van der Waals surface area contributed by atoms with E-state index in [1.54, 1.807) is 0 Å². The van der Waals surface area contributed by atoms with Crippen molar-refractivity contribution < 1.29 is 4.79 Å². The van der Waals surface area contributed by atoms with Crippen molar-refractivity contribution in [3.05, 3.63) is 23.5 Å². The number of fused-ring (bicyclic) bond motifs is 1. The Morgan fingerprint density at radius 1 is 1.56 bits per heavy atom. The molecule has 1 aliphatic rings. The van der Waals surface area contributed by atoms with Crippen LogP contribution in [0, 0.1) is 19.3 Å². The summed E-state index contributed by atoms with van der Waals surface area (Å²) in [5, 5.41) is 2.95. The van der Waals surface area contributed by atoms with E-state index in [9.17, 15) is 4.79 Å². The van der Waals surface area contributed by atoms with Crippen molar-refractivity contribution in [1.82, 2.24) is 14.8 Å². The van der Waals surface area contributed by atoms with E-state index in [1.165, 1.54) is 11.4 Å². The predicted molar refractivity (Wildman–Crippen MR) is 71.0 cm³/mol. The van der Waals surface area contributed by atoms with Crippen LogP contribution in [-0.4, -0.2) is 35.0 Å². The Balaban J connectivity index is 2.05. The van der Waals surface area contributed by atoms with Crippen LogP contribution in [0.3, 0.4) is 0 Å². The molecule has 0 aromatic carbocycles. The number of rotatable bonds is 3. The summed E-state index contributed by atoms with van der Waals surface area (Å²) in [6.07, 6.45) is 5.15. The first-order valence-electron chi connectivity index (χ1n) is 6.25. The highest BCUT2D eigenvalue weighted by atomic mass is 16.2. The van der Waals surface area contributed by atoms with Gasteiger partial charge >= 0.3 is 0 Å². The molecule has 0 bridgehead atoms. The molecule has 4 heteroatoms. The van der Waals surface area contributed by atoms with Gasteiger partial charge in [0.1, 0.15) is 0 Å². The quantitative estimate of drug-likeness (QED) is 0.635. The first kappa shape index (κ1) is 12.7. The number of nitrogens with one attached hydrogen (secondary N) is 1. The third-order valence-electron chi connectivity index (χ3n) is 3.52. The molecule has 0 fully saturated rings. The topological polar surface area (TPSA) is 37.3 Å². The minimum Gasteiger partial charge on any atom is -0.345 e. The molecule has 1 N–H and O–H groups in total. The van der Waals surface area contributed by atoms with Gasteiger partial charge in [0.2, 0.25) is 5.91 Å². The molecule has 0 spiro atoms. The van der Waals surface area contributed by atoms with Crippen molar-refractivity contribution in [2.75, 3.05) is 19.6 Å². The fourth-order valence-corrected chi connectivity index (χ4v) is 2.50. The molecule has 1 aliphatic heterocycles. The highest BCUT2D eigenvalue weighted by Gasteiger charge is 2.27. The lowest BCUT2D eigenvalue weighted by Gasteiger charge is -2.35. The standard InChI is InChI=1S/C14H19N3O/c1-4-7-15-10-14(18)17-9-8-16-11(2)5-6-13(16)12(17)3/h1,5-6,12,15H,7-10H2,2-3H3. The van der Waals surface area contributed by atoms with Crippen LogP contribution in [0.25, 0.3) is 0 Å². The number of terminal acetylenes is 1. The minimum absolute atomic E-state index is 0.114. The number of carbonyl (C=O) groups excluding carboxylic acids is 1. The Morgan fingerprint density at radius 2 is 2.33 bits per heavy atom. The van der Waals surface area contributed by atoms with Crippen LogP contribution in [0.5, 0.6) is 0 Å². The summed E-state index contributed by atoms with van der Waals surface area (Å²) in [7, 11) is 0. The smallest absolute Gasteiger partial charge is 0.237 e. The number of hydrogen-bond acceptors (Lipinski definition) is 2. The van der Waals surface area contributed by atoms with Gasteiger partial charge in [0.15, 0.2) is 0 Å². The Bertz CT molecular complexity index is 484. The lowest BCUT2D eigenvalue weighted by molar-refractivity contribution is -0.133. The Kier molecular flexibility index (Phi) is 3.73. The third kappa shape index (κ3) is 2.27. The Morgan fingerprint density at radius 3 is 3.06 bits per heavy atom. The zero-order valence-electron chi connectivity index (χ0n) is 10.9. The summed E-state index contributed by atoms with van der Waals surface area (Å²) in [4.78, 5) is 14.0. The van der Waals surface area contributed by atoms with Crippen molar-refractivity contribution in [2.45, 2.75) is 26.4 Å². The highest BCUT2D eigenvalue weighted by molar-refractivity contribution is 5.78. The summed E-state index contributed by atoms with van der Waals surface area (Å²) in [5.74, 6) is 2.58. The molecule has 18 heavy (non-hydrogen) atoms. The maximum Gasteiger partial charge on any atom is 0.237 e. The van der Waals surface area contributed by atoms with Crippen molar-refractivity contribution in [3.8, 4) is 12.3 Å². The van der Waals surface area contributed by atoms with E-state index in [4.69, 9.17) is 6.42 Å². The van der Waals surface area contributed by atoms with Crippen LogP contribution >= 0.6 is 0 Å². The zero-order valence-corrected chi connectivity index (χ0v) is 10.9. The highest BCUT2D eigenvalue weighted by Crippen LogP contribution is 2.26. The molecule has 1 atom stereocenters. The molecule has 0 saturated carbocycles. The number of carbonyl (C=O) groups is 1. The molecule has 96 valence electrons. The lowest BCUT2D eigenvalue weighted by Crippen LogP contribution is -2.44. The second kappa shape index (κ2) is 5.28. The van der Waals surface area contributed by atoms with Gasteiger partial charge in [-0.05, 0) is 26.0 Å². The molecule has 0 radical (unpaired) electrons. The molecule has 0 aliphatic carbocycles. The van der Waals surface area contributed by atoms with Crippen LogP contribution in [0.4, 0.5) is 0 Å². The second-order valence-electron chi connectivity index (χ2n) is 4.62. The van der Waals surface area contributed by atoms with E-state index in [0.29, 0.717) is 13.1 Å². The first-order valence-corrected chi connectivity index (χ1v) is 6.25. The maximum atomic E-state index is 12.1. The molecule has 4 nitrogen and oxygen atoms in total. The largest absolute Gasteiger partial charge is 0.345 e. The molecule has 2 heterocycles. The lowest BCUT2D eigenvalue weighted by atomic mass is 10.1. The fourth-order valence-electron chi connectivity index (χ4n) is 2.50. The summed E-state index contributed by atoms with van der Waals surface area (Å²) in [5.41, 5.74) is 2.47. The Hall–Kier alpha value is -1.73. The van der Waals surface area contributed by atoms with E-state index in [-0.39, 0.29) is 11.9 Å². The number of nitrogens with zero attached hydrogens (tertiary/aromatic N) is 2. The van der Waals surface area contributed by atoms with Gasteiger partial charge in [-0.25, -0.2) is 0 Å². The molecule has 1 amide bonds. The normalized spacial score (nSPS) is 18.3. The average molecular weight is 245 g/mol. The minimum atomic E-state index is 0.114. The number of hydrogen-bond donors (Lipinski definition) is 1. The van der Waals surface area contributed by atoms with E-state index >= 15 is 0 Å². The van der Waals surface area contributed by atoms with Crippen LogP contribution in [0.2, 0.25) is 0 Å². The SMILES string of the molecule is C#CCNCC(=O)N1CCn2c(C)ccc2C1C. The monoisotopic (exact) mass is 245 g/mol. The fraction of sp³-hybridized carbons (Fsp3) is 0.500. The molecular weight excluding hydrogens is 226 g/mol. The van der Waals surface area contributed by atoms with Gasteiger partial charge < -0.3 is 9.47 Å². The van der Waals surface area contributed by atoms with Crippen LogP contribution in [0.1, 0.15) is 24.4 Å². The van der Waals surface area contributed by atoms with E-state index in [2.05, 4.69) is 41.8 Å². The van der Waals surface area contributed by atoms with Gasteiger partial charge in [-0.15, -0.1) is 6.42 Å². The van der Waals surface area contributed by atoms with E-state index in [1.807, 2.05) is 4.90 Å². The van der Waals surface area contributed by atoms with Gasteiger partial charge in [0.25, 0.3) is 0 Å². The molecule has 1 unspecified atom stereocenters. The van der Waals surface area contributed by atoms with Gasteiger partial charge in [-0.2, -0.15) is 0 Å². The van der Waals surface area contributed by atoms with Crippen molar-refractivity contribution in [1.29, 1.82) is 0 Å². The van der Waals surface area contributed by atoms with Gasteiger partial charge in [-0.3, -0.25) is 10.1 Å². The van der Waals surface area contributed by atoms with Gasteiger partial charge in [-0.1, -0.05) is 5.92 Å². The summed E-state index contributed by atoms with van der Waals surface area (Å²) < 4.78 is 2.28. The van der Waals surface area contributed by atoms with Crippen molar-refractivity contribution in [3.63, 3.8) is 0 Å². The summed E-state index contributed by atoms with van der Waals surface area (Å²) in [6.45, 7) is 6.56. The Labute approximate surface area is 108 Å². The van der Waals surface area contributed by atoms with E-state index in [0.717, 1.165) is 13.1 Å². The second-order valence-corrected chi connectivity index (χ2v) is 4.62. The molecule has 0 saturated heterocycles. The van der Waals surface area contributed by atoms with Crippen LogP contribution < -0.4 is 5.32 Å². The molecule has 1 aromatic heterocycles. The van der Waals surface area contributed by atoms with Crippen LogP contribution in [-0.2, 0) is 11.3 Å². The van der Waals surface area contributed by atoms with Gasteiger partial charge in [0.05, 0.1) is 19.1 Å². The van der Waals surface area contributed by atoms with Crippen LogP contribution in [0.15, 0.2) is 12.1 Å². The molecule has 1 aromatic rings. The summed E-state index contributed by atoms with van der Waals surface area (Å²) >= 11 is 0. The number of amides is 1. The third-order valence-corrected chi connectivity index (χ3v) is 3.52. The summed E-state index contributed by atoms with van der Waals surface area (Å²) in [6, 6.07) is 4.35. The molecular formula is C14H19N3O.